The highest BCUT2D eigenvalue weighted by atomic mass is 16.7. The molecule has 0 radical (unpaired) electrons. The first-order valence-electron chi connectivity index (χ1n) is 11.6. The quantitative estimate of drug-likeness (QED) is 0.208. The van der Waals surface area contributed by atoms with E-state index in [0.29, 0.717) is 0 Å². The van der Waals surface area contributed by atoms with Crippen LogP contribution in [0, 0.1) is 0 Å². The minimum atomic E-state index is -4.73. The van der Waals surface area contributed by atoms with Crippen LogP contribution in [0.15, 0.2) is 0 Å². The smallest absolute Gasteiger partial charge is 0.364 e. The summed E-state index contributed by atoms with van der Waals surface area (Å²) in [6, 6.07) is 0. The first kappa shape index (κ1) is 6.16. The van der Waals surface area contributed by atoms with Crippen LogP contribution in [-0.4, -0.2) is 90.3 Å². The van der Waals surface area contributed by atoms with Crippen LogP contribution in [0.3, 0.4) is 0 Å². The number of Topliss-reactive ketones (excluding diaryl/α,β-unsaturated/α-hetero) is 1. The SMILES string of the molecule is [2H]OC1(C(=O)O)O[C@@]([2H])([C@]([2H])(O[2H])[C@]([2H])(O[2H])C([2H])([2H])O)[C@](C(C)=O)(N([2H])[2H])[C@@]([2H])(O[2H])C1([2H])[2H]. The van der Waals surface area contributed by atoms with E-state index in [1.54, 1.807) is 0 Å². The summed E-state index contributed by atoms with van der Waals surface area (Å²) in [6.45, 7) is -4.09. The number of ketones is 1. The van der Waals surface area contributed by atoms with Crippen LogP contribution in [0.4, 0.5) is 0 Å². The standard InChI is InChI=1S/C11H19NO9/c1-4(14)11(12)6(16)2-10(20,9(18)19)21-8(11)7(17)5(15)3-13/h5-8,13,15-17,20H,2-3,12H2,1H3,(H,18,19)/t5-,6+,7-,8+,10?,11-/m1/s1/i2D2,3D2,5D,6D,7D,8D,15D,16D,17D,20D/hD2. The maximum absolute atomic E-state index is 12.9. The van der Waals surface area contributed by atoms with E-state index in [0.717, 1.165) is 0 Å². The Balaban J connectivity index is 4.61. The molecule has 122 valence electrons. The molecule has 0 aliphatic carbocycles. The highest BCUT2D eigenvalue weighted by Gasteiger charge is 2.61. The van der Waals surface area contributed by atoms with Gasteiger partial charge in [-0.05, 0) is 6.92 Å². The summed E-state index contributed by atoms with van der Waals surface area (Å²) in [5.74, 6) is -9.20. The van der Waals surface area contributed by atoms with E-state index < -0.39 is 66.1 Å². The van der Waals surface area contributed by atoms with Crippen LogP contribution in [0.25, 0.3) is 0 Å². The van der Waals surface area contributed by atoms with Gasteiger partial charge in [0.2, 0.25) is 5.72 Å². The lowest BCUT2D eigenvalue weighted by Crippen LogP contribution is -2.75. The topological polar surface area (TPSA) is 191 Å². The van der Waals surface area contributed by atoms with Crippen LogP contribution in [0.2, 0.25) is 2.82 Å². The lowest BCUT2D eigenvalue weighted by molar-refractivity contribution is -0.303. The molecule has 0 aromatic carbocycles. The molecule has 1 rings (SSSR count). The van der Waals surface area contributed by atoms with Gasteiger partial charge in [0.15, 0.2) is 5.78 Å². The van der Waals surface area contributed by atoms with Crippen molar-refractivity contribution < 1.29 is 58.8 Å². The van der Waals surface area contributed by atoms with Crippen molar-refractivity contribution in [1.82, 2.24) is 0 Å². The number of carbonyl (C=O) groups excluding carboxylic acids is 1. The molecule has 0 aromatic rings. The molecule has 0 saturated carbocycles. The van der Waals surface area contributed by atoms with Gasteiger partial charge in [-0.25, -0.2) is 4.79 Å². The maximum Gasteiger partial charge on any atom is 0.364 e. The van der Waals surface area contributed by atoms with Crippen molar-refractivity contribution in [2.24, 2.45) is 5.72 Å². The molecule has 1 aliphatic rings. The van der Waals surface area contributed by atoms with Gasteiger partial charge in [-0.1, -0.05) is 0 Å². The molecule has 1 heterocycles. The first-order chi connectivity index (χ1) is 15.5. The molecule has 1 saturated heterocycles. The highest BCUT2D eigenvalue weighted by molar-refractivity contribution is 5.88. The Labute approximate surface area is 139 Å². The fraction of sp³-hybridized carbons (Fsp3) is 0.818. The zero-order chi connectivity index (χ0) is 28.3. The van der Waals surface area contributed by atoms with E-state index in [1.807, 2.05) is 0 Å². The third-order valence-corrected chi connectivity index (χ3v) is 2.49. The number of carboxylic acid groups (broad SMARTS) is 1. The number of nitrogens with two attached hydrogens (primary N) is 1. The Morgan fingerprint density at radius 2 is 2.52 bits per heavy atom. The van der Waals surface area contributed by atoms with Crippen LogP contribution in [-0.2, 0) is 14.3 Å². The monoisotopic (exact) mass is 323 g/mol. The predicted octanol–water partition coefficient (Wildman–Crippen LogP) is -4.09. The molecule has 21 heavy (non-hydrogen) atoms. The molecule has 0 spiro atoms. The van der Waals surface area contributed by atoms with E-state index in [4.69, 9.17) is 19.5 Å². The molecule has 0 amide bonds. The van der Waals surface area contributed by atoms with Crippen molar-refractivity contribution in [1.29, 1.82) is 5.72 Å². The zero-order valence-electron chi connectivity index (χ0n) is 24.2. The number of aliphatic hydroxyl groups is 5. The van der Waals surface area contributed by atoms with Gasteiger partial charge < -0.3 is 41.1 Å². The Bertz CT molecular complexity index is 864. The number of carbonyl (C=O) groups is 2. The highest BCUT2D eigenvalue weighted by Crippen LogP contribution is 2.36. The molecule has 1 fully saturated rings. The third-order valence-electron chi connectivity index (χ3n) is 2.49. The average molecular weight is 323 g/mol. The van der Waals surface area contributed by atoms with Crippen molar-refractivity contribution >= 4 is 11.8 Å². The van der Waals surface area contributed by atoms with E-state index in [9.17, 15) is 19.8 Å². The number of hydrogen-bond donors (Lipinski definition) is 7. The van der Waals surface area contributed by atoms with Gasteiger partial charge in [0.05, 0.1) is 20.9 Å². The second-order valence-corrected chi connectivity index (χ2v) is 3.84. The number of hydrogen-bond acceptors (Lipinski definition) is 9. The Hall–Kier alpha value is -1.14. The van der Waals surface area contributed by atoms with Crippen molar-refractivity contribution in [3.8, 4) is 0 Å². The number of ether oxygens (including phenoxy) is 1. The molecule has 0 bridgehead atoms. The largest absolute Gasteiger partial charge is 0.477 e. The minimum Gasteiger partial charge on any atom is -0.477 e. The summed E-state index contributed by atoms with van der Waals surface area (Å²) in [6.07, 6.45) is -22.7. The normalized spacial score (nSPS) is 62.2. The number of carboxylic acids is 1. The Morgan fingerprint density at radius 3 is 2.90 bits per heavy atom. The fourth-order valence-corrected chi connectivity index (χ4v) is 1.37. The molecule has 6 atom stereocenters. The van der Waals surface area contributed by atoms with E-state index in [2.05, 4.69) is 25.2 Å². The van der Waals surface area contributed by atoms with Crippen molar-refractivity contribution in [2.75, 3.05) is 6.56 Å². The predicted molar refractivity (Wildman–Crippen MR) is 64.8 cm³/mol. The molecule has 10 nitrogen and oxygen atoms in total. The first-order valence-corrected chi connectivity index (χ1v) is 5.05. The van der Waals surface area contributed by atoms with Gasteiger partial charge >= 0.3 is 5.97 Å². The average Bonchev–Trinajstić information content (AvgIpc) is 2.73. The van der Waals surface area contributed by atoms with Gasteiger partial charge in [-0.15, -0.1) is 0 Å². The minimum absolute atomic E-state index is 0.279. The second-order valence-electron chi connectivity index (χ2n) is 3.84. The summed E-state index contributed by atoms with van der Waals surface area (Å²) < 4.78 is 113. The molecule has 8 N–H and O–H groups in total. The summed E-state index contributed by atoms with van der Waals surface area (Å²) in [5.41, 5.74) is -5.45. The summed E-state index contributed by atoms with van der Waals surface area (Å²) >= 11 is 0. The lowest BCUT2D eigenvalue weighted by Gasteiger charge is -2.49. The molecule has 0 aromatic heterocycles. The van der Waals surface area contributed by atoms with Crippen LogP contribution in [0.1, 0.15) is 24.3 Å². The molecule has 10 heteroatoms. The lowest BCUT2D eigenvalue weighted by atomic mass is 9.75. The summed E-state index contributed by atoms with van der Waals surface area (Å²) in [4.78, 5) is 24.9. The van der Waals surface area contributed by atoms with Crippen LogP contribution >= 0.6 is 0 Å². The molecular formula is C11H19NO9. The maximum atomic E-state index is 12.9. The fourth-order valence-electron chi connectivity index (χ4n) is 1.37. The number of rotatable bonds is 10. The number of aliphatic carboxylic acids is 1. The van der Waals surface area contributed by atoms with Gasteiger partial charge in [-0.2, -0.15) is 0 Å². The van der Waals surface area contributed by atoms with Gasteiger partial charge in [-0.3, -0.25) is 4.79 Å². The Kier molecular flexibility index (Phi) is 1.74. The second kappa shape index (κ2) is 5.93. The van der Waals surface area contributed by atoms with Crippen molar-refractivity contribution in [3.63, 3.8) is 0 Å². The summed E-state index contributed by atoms with van der Waals surface area (Å²) in [7, 11) is 0. The van der Waals surface area contributed by atoms with Crippen molar-refractivity contribution in [2.45, 2.75) is 48.9 Å². The van der Waals surface area contributed by atoms with Gasteiger partial charge in [0.1, 0.15) is 26.6 Å². The molecular weight excluding hydrogens is 290 g/mol. The van der Waals surface area contributed by atoms with Crippen LogP contribution in [0.5, 0.6) is 0 Å². The van der Waals surface area contributed by atoms with Crippen LogP contribution < -0.4 is 5.72 Å². The third kappa shape index (κ3) is 2.92. The molecule has 1 unspecified atom stereocenters. The summed E-state index contributed by atoms with van der Waals surface area (Å²) in [5, 5.41) is 34.6. The van der Waals surface area contributed by atoms with Gasteiger partial charge in [0.25, 0.3) is 5.79 Å². The van der Waals surface area contributed by atoms with E-state index in [-0.39, 0.29) is 6.92 Å². The molecule has 1 aliphatic heterocycles. The van der Waals surface area contributed by atoms with Gasteiger partial charge in [0, 0.05) is 9.11 Å². The zero-order valence-corrected chi connectivity index (χ0v) is 10.2. The van der Waals surface area contributed by atoms with E-state index in [1.165, 1.54) is 0 Å². The van der Waals surface area contributed by atoms with Crippen molar-refractivity contribution in [3.05, 3.63) is 0 Å². The Morgan fingerprint density at radius 1 is 1.76 bits per heavy atom. The van der Waals surface area contributed by atoms with E-state index >= 15 is 0 Å².